The summed E-state index contributed by atoms with van der Waals surface area (Å²) < 4.78 is 23.4. The van der Waals surface area contributed by atoms with E-state index in [0.717, 1.165) is 0 Å². The average molecular weight is 162 g/mol. The Morgan fingerprint density at radius 3 is 2.80 bits per heavy atom. The minimum atomic E-state index is -3.01. The predicted octanol–water partition coefficient (Wildman–Crippen LogP) is -0.320. The van der Waals surface area contributed by atoms with E-state index >= 15 is 0 Å². The van der Waals surface area contributed by atoms with Crippen molar-refractivity contribution in [3.63, 3.8) is 0 Å². The molecule has 0 aliphatic carbocycles. The summed E-state index contributed by atoms with van der Waals surface area (Å²) in [6.07, 6.45) is 1.39. The molecule has 1 aliphatic heterocycles. The van der Waals surface area contributed by atoms with Crippen molar-refractivity contribution in [1.29, 1.82) is 0 Å². The summed E-state index contributed by atoms with van der Waals surface area (Å²) in [5, 5.41) is 0. The third kappa shape index (κ3) is 1.29. The summed E-state index contributed by atoms with van der Waals surface area (Å²) in [6.45, 7) is 2.73. The van der Waals surface area contributed by atoms with Crippen LogP contribution >= 0.6 is 0 Å². The van der Waals surface area contributed by atoms with Crippen LogP contribution in [0.2, 0.25) is 0 Å². The van der Waals surface area contributed by atoms with Gasteiger partial charge in [0.15, 0.2) is 0 Å². The lowest BCUT2D eigenvalue weighted by Crippen LogP contribution is -2.29. The lowest BCUT2D eigenvalue weighted by molar-refractivity contribution is 0.542. The molecule has 0 unspecified atom stereocenters. The summed E-state index contributed by atoms with van der Waals surface area (Å²) in [5.41, 5.74) is 0. The van der Waals surface area contributed by atoms with Gasteiger partial charge in [-0.15, -0.1) is 0 Å². The molecule has 0 radical (unpaired) electrons. The van der Waals surface area contributed by atoms with Gasteiger partial charge in [-0.3, -0.25) is 9.30 Å². The minimum Gasteiger partial charge on any atom is -0.273 e. The topological polar surface area (TPSA) is 49.7 Å². The first-order valence-corrected chi connectivity index (χ1v) is 4.77. The molecule has 0 atom stereocenters. The van der Waals surface area contributed by atoms with Crippen LogP contribution in [0.3, 0.4) is 0 Å². The highest BCUT2D eigenvalue weighted by Crippen LogP contribution is 2.01. The zero-order chi connectivity index (χ0) is 7.61. The Hall–Kier alpha value is -0.580. The van der Waals surface area contributed by atoms with Crippen LogP contribution in [0.1, 0.15) is 6.92 Å². The van der Waals surface area contributed by atoms with Crippen molar-refractivity contribution in [3.05, 3.63) is 0 Å². The fourth-order valence-electron chi connectivity index (χ4n) is 0.740. The molecule has 1 heterocycles. The van der Waals surface area contributed by atoms with Gasteiger partial charge >= 0.3 is 0 Å². The van der Waals surface area contributed by atoms with E-state index in [1.54, 1.807) is 6.92 Å². The van der Waals surface area contributed by atoms with Gasteiger partial charge in [0.1, 0.15) is 0 Å². The minimum absolute atomic E-state index is 0.152. The Bertz CT molecular complexity index is 232. The van der Waals surface area contributed by atoms with Crippen molar-refractivity contribution in [2.24, 2.45) is 4.99 Å². The first-order chi connectivity index (χ1) is 4.67. The van der Waals surface area contributed by atoms with E-state index in [1.807, 2.05) is 0 Å². The van der Waals surface area contributed by atoms with Crippen LogP contribution in [0.4, 0.5) is 0 Å². The standard InChI is InChI=1S/C5H10N2O2S/c1-2-10(8,9)7-4-3-6-5-7/h5H,2-4H2,1H3. The largest absolute Gasteiger partial charge is 0.273 e. The maximum Gasteiger partial charge on any atom is 0.235 e. The molecule has 0 amide bonds. The van der Waals surface area contributed by atoms with Gasteiger partial charge in [0, 0.05) is 0 Å². The second-order valence-electron chi connectivity index (χ2n) is 2.03. The summed E-state index contributed by atoms with van der Waals surface area (Å²) in [6, 6.07) is 0. The van der Waals surface area contributed by atoms with Gasteiger partial charge in [0.25, 0.3) is 0 Å². The van der Waals surface area contributed by atoms with Crippen molar-refractivity contribution < 1.29 is 8.42 Å². The van der Waals surface area contributed by atoms with E-state index in [1.165, 1.54) is 10.6 Å². The average Bonchev–Trinajstić information content (AvgIpc) is 2.38. The van der Waals surface area contributed by atoms with Gasteiger partial charge in [-0.1, -0.05) is 0 Å². The summed E-state index contributed by atoms with van der Waals surface area (Å²) in [5.74, 6) is 0.152. The number of aliphatic imine (C=N–C) groups is 1. The molecule has 1 aliphatic rings. The highest BCUT2D eigenvalue weighted by Gasteiger charge is 2.18. The van der Waals surface area contributed by atoms with Crippen LogP contribution in [-0.4, -0.2) is 37.9 Å². The van der Waals surface area contributed by atoms with Crippen molar-refractivity contribution in [2.75, 3.05) is 18.8 Å². The first-order valence-electron chi connectivity index (χ1n) is 3.16. The van der Waals surface area contributed by atoms with Crippen molar-refractivity contribution in [1.82, 2.24) is 4.31 Å². The Balaban J connectivity index is 2.74. The van der Waals surface area contributed by atoms with E-state index in [4.69, 9.17) is 0 Å². The monoisotopic (exact) mass is 162 g/mol. The number of hydrogen-bond donors (Lipinski definition) is 0. The van der Waals surface area contributed by atoms with Crippen LogP contribution in [0.15, 0.2) is 4.99 Å². The molecule has 58 valence electrons. The molecule has 0 saturated carbocycles. The van der Waals surface area contributed by atoms with Crippen molar-refractivity contribution >= 4 is 16.4 Å². The molecule has 4 nitrogen and oxygen atoms in total. The van der Waals surface area contributed by atoms with Crippen LogP contribution in [0.25, 0.3) is 0 Å². The van der Waals surface area contributed by atoms with Gasteiger partial charge in [-0.05, 0) is 6.92 Å². The van der Waals surface area contributed by atoms with Crippen LogP contribution in [0, 0.1) is 0 Å². The van der Waals surface area contributed by atoms with E-state index in [0.29, 0.717) is 13.1 Å². The van der Waals surface area contributed by atoms with E-state index in [9.17, 15) is 8.42 Å². The fraction of sp³-hybridized carbons (Fsp3) is 0.800. The van der Waals surface area contributed by atoms with Crippen molar-refractivity contribution in [2.45, 2.75) is 6.92 Å². The molecule has 0 bridgehead atoms. The number of rotatable bonds is 2. The normalized spacial score (nSPS) is 18.3. The van der Waals surface area contributed by atoms with Crippen LogP contribution < -0.4 is 0 Å². The molecule has 0 aromatic carbocycles. The lowest BCUT2D eigenvalue weighted by Gasteiger charge is -2.11. The summed E-state index contributed by atoms with van der Waals surface area (Å²) in [4.78, 5) is 3.80. The zero-order valence-electron chi connectivity index (χ0n) is 5.82. The van der Waals surface area contributed by atoms with E-state index in [-0.39, 0.29) is 5.75 Å². The van der Waals surface area contributed by atoms with Gasteiger partial charge in [0.05, 0.1) is 25.2 Å². The quantitative estimate of drug-likeness (QED) is 0.558. The van der Waals surface area contributed by atoms with Gasteiger partial charge in [-0.2, -0.15) is 0 Å². The summed E-state index contributed by atoms with van der Waals surface area (Å²) >= 11 is 0. The number of nitrogens with zero attached hydrogens (tertiary/aromatic N) is 2. The van der Waals surface area contributed by atoms with E-state index < -0.39 is 10.0 Å². The van der Waals surface area contributed by atoms with Crippen molar-refractivity contribution in [3.8, 4) is 0 Å². The van der Waals surface area contributed by atoms with E-state index in [2.05, 4.69) is 4.99 Å². The van der Waals surface area contributed by atoms with Crippen LogP contribution in [-0.2, 0) is 10.0 Å². The Kier molecular flexibility index (Phi) is 1.94. The third-order valence-electron chi connectivity index (χ3n) is 1.38. The molecule has 0 aromatic heterocycles. The molecule has 0 aromatic rings. The molecular weight excluding hydrogens is 152 g/mol. The molecule has 5 heteroatoms. The van der Waals surface area contributed by atoms with Crippen LogP contribution in [0.5, 0.6) is 0 Å². The Morgan fingerprint density at radius 2 is 2.40 bits per heavy atom. The second kappa shape index (κ2) is 2.57. The molecule has 1 rings (SSSR count). The lowest BCUT2D eigenvalue weighted by atomic mass is 10.7. The highest BCUT2D eigenvalue weighted by atomic mass is 32.2. The van der Waals surface area contributed by atoms with Gasteiger partial charge in [-0.25, -0.2) is 8.42 Å². The maximum atomic E-state index is 11.0. The third-order valence-corrected chi connectivity index (χ3v) is 3.10. The molecule has 0 spiro atoms. The number of hydrogen-bond acceptors (Lipinski definition) is 3. The first kappa shape index (κ1) is 7.53. The van der Waals surface area contributed by atoms with Gasteiger partial charge in [0.2, 0.25) is 10.0 Å². The maximum absolute atomic E-state index is 11.0. The molecule has 0 N–H and O–H groups in total. The summed E-state index contributed by atoms with van der Waals surface area (Å²) in [7, 11) is -3.01. The molecule has 0 saturated heterocycles. The molecule has 0 fully saturated rings. The van der Waals surface area contributed by atoms with Gasteiger partial charge < -0.3 is 0 Å². The SMILES string of the molecule is CCS(=O)(=O)N1C=NCC1. The molecule has 10 heavy (non-hydrogen) atoms. The Morgan fingerprint density at radius 1 is 1.70 bits per heavy atom. The fourth-order valence-corrected chi connectivity index (χ4v) is 1.64. The zero-order valence-corrected chi connectivity index (χ0v) is 6.63. The smallest absolute Gasteiger partial charge is 0.235 e. The highest BCUT2D eigenvalue weighted by molar-refractivity contribution is 7.89. The molecular formula is C5H10N2O2S. The second-order valence-corrected chi connectivity index (χ2v) is 4.24. The number of sulfonamides is 1. The predicted molar refractivity (Wildman–Crippen MR) is 39.5 cm³/mol. The Labute approximate surface area is 60.6 Å².